The van der Waals surface area contributed by atoms with Crippen LogP contribution in [0.4, 0.5) is 4.79 Å². The molecule has 0 unspecified atom stereocenters. The van der Waals surface area contributed by atoms with Crippen molar-refractivity contribution in [1.82, 2.24) is 10.6 Å². The van der Waals surface area contributed by atoms with Crippen LogP contribution in [0.5, 0.6) is 11.5 Å². The minimum atomic E-state index is -0.331. The number of hydrogen-bond acceptors (Lipinski definition) is 3. The summed E-state index contributed by atoms with van der Waals surface area (Å²) in [6.07, 6.45) is 1.65. The number of hydrogen-bond donors (Lipinski definition) is 2. The highest BCUT2D eigenvalue weighted by Crippen LogP contribution is 2.41. The van der Waals surface area contributed by atoms with Gasteiger partial charge in [0.25, 0.3) is 0 Å². The van der Waals surface area contributed by atoms with Gasteiger partial charge >= 0.3 is 6.03 Å². The van der Waals surface area contributed by atoms with E-state index in [0.717, 1.165) is 29.9 Å². The number of amides is 2. The average Bonchev–Trinajstić information content (AvgIpc) is 2.43. The Labute approximate surface area is 126 Å². The smallest absolute Gasteiger partial charge is 0.315 e. The first-order valence-electron chi connectivity index (χ1n) is 7.36. The highest BCUT2D eigenvalue weighted by molar-refractivity contribution is 5.74. The van der Waals surface area contributed by atoms with Gasteiger partial charge < -0.3 is 20.1 Å². The van der Waals surface area contributed by atoms with E-state index in [1.165, 1.54) is 0 Å². The summed E-state index contributed by atoms with van der Waals surface area (Å²) in [5.74, 6) is 1.52. The Morgan fingerprint density at radius 2 is 2.24 bits per heavy atom. The summed E-state index contributed by atoms with van der Waals surface area (Å²) in [6, 6.07) is 5.51. The SMILES string of the molecule is CCCNC(=O)N[C@H]1CC(C)(C)Oc2cc(OC)ccc21. The number of methoxy groups -OCH3 is 1. The number of urea groups is 1. The van der Waals surface area contributed by atoms with Crippen molar-refractivity contribution in [2.24, 2.45) is 0 Å². The van der Waals surface area contributed by atoms with Crippen LogP contribution in [0.15, 0.2) is 18.2 Å². The molecule has 0 bridgehead atoms. The fourth-order valence-corrected chi connectivity index (χ4v) is 2.54. The van der Waals surface area contributed by atoms with Gasteiger partial charge in [-0.25, -0.2) is 4.79 Å². The van der Waals surface area contributed by atoms with Gasteiger partial charge in [-0.2, -0.15) is 0 Å². The van der Waals surface area contributed by atoms with E-state index < -0.39 is 0 Å². The molecule has 0 aliphatic carbocycles. The normalized spacial score (nSPS) is 19.1. The number of ether oxygens (including phenoxy) is 2. The Morgan fingerprint density at radius 1 is 1.48 bits per heavy atom. The van der Waals surface area contributed by atoms with Crippen molar-refractivity contribution in [3.05, 3.63) is 23.8 Å². The van der Waals surface area contributed by atoms with Gasteiger partial charge in [-0.15, -0.1) is 0 Å². The van der Waals surface area contributed by atoms with E-state index in [9.17, 15) is 4.79 Å². The Bertz CT molecular complexity index is 514. The second-order valence-corrected chi connectivity index (χ2v) is 5.92. The van der Waals surface area contributed by atoms with Gasteiger partial charge in [-0.3, -0.25) is 0 Å². The van der Waals surface area contributed by atoms with Crippen LogP contribution in [-0.4, -0.2) is 25.3 Å². The molecule has 1 atom stereocenters. The summed E-state index contributed by atoms with van der Waals surface area (Å²) < 4.78 is 11.2. The van der Waals surface area contributed by atoms with Crippen LogP contribution in [-0.2, 0) is 0 Å². The number of carbonyl (C=O) groups excluding carboxylic acids is 1. The first-order chi connectivity index (χ1) is 9.95. The maximum atomic E-state index is 11.9. The monoisotopic (exact) mass is 292 g/mol. The summed E-state index contributed by atoms with van der Waals surface area (Å²) in [4.78, 5) is 11.9. The molecule has 0 spiro atoms. The van der Waals surface area contributed by atoms with Crippen molar-refractivity contribution in [1.29, 1.82) is 0 Å². The molecule has 2 amide bonds. The minimum absolute atomic E-state index is 0.0634. The summed E-state index contributed by atoms with van der Waals surface area (Å²) in [7, 11) is 1.63. The second kappa shape index (κ2) is 6.24. The number of carbonyl (C=O) groups is 1. The van der Waals surface area contributed by atoms with Gasteiger partial charge in [0, 0.05) is 24.6 Å². The zero-order valence-electron chi connectivity index (χ0n) is 13.2. The first kappa shape index (κ1) is 15.5. The number of benzene rings is 1. The van der Waals surface area contributed by atoms with Gasteiger partial charge in [0.1, 0.15) is 17.1 Å². The fourth-order valence-electron chi connectivity index (χ4n) is 2.54. The summed E-state index contributed by atoms with van der Waals surface area (Å²) in [5, 5.41) is 5.88. The van der Waals surface area contributed by atoms with E-state index in [1.54, 1.807) is 7.11 Å². The molecule has 1 heterocycles. The van der Waals surface area contributed by atoms with Gasteiger partial charge in [-0.05, 0) is 32.4 Å². The van der Waals surface area contributed by atoms with Crippen LogP contribution < -0.4 is 20.1 Å². The number of rotatable bonds is 4. The topological polar surface area (TPSA) is 59.6 Å². The molecule has 1 aromatic rings. The van der Waals surface area contributed by atoms with Crippen molar-refractivity contribution >= 4 is 6.03 Å². The lowest BCUT2D eigenvalue weighted by Gasteiger charge is -2.38. The Balaban J connectivity index is 2.20. The van der Waals surface area contributed by atoms with Crippen molar-refractivity contribution in [3.63, 3.8) is 0 Å². The van der Waals surface area contributed by atoms with E-state index in [-0.39, 0.29) is 17.7 Å². The molecule has 1 aliphatic rings. The van der Waals surface area contributed by atoms with Gasteiger partial charge in [0.2, 0.25) is 0 Å². The van der Waals surface area contributed by atoms with Gasteiger partial charge in [0.15, 0.2) is 0 Å². The Hall–Kier alpha value is -1.91. The maximum Gasteiger partial charge on any atom is 0.315 e. The molecule has 1 aromatic carbocycles. The molecule has 2 rings (SSSR count). The van der Waals surface area contributed by atoms with Crippen LogP contribution >= 0.6 is 0 Å². The molecule has 1 aliphatic heterocycles. The molecule has 21 heavy (non-hydrogen) atoms. The average molecular weight is 292 g/mol. The van der Waals surface area contributed by atoms with E-state index in [4.69, 9.17) is 9.47 Å². The number of nitrogens with one attached hydrogen (secondary N) is 2. The maximum absolute atomic E-state index is 11.9. The van der Waals surface area contributed by atoms with E-state index in [2.05, 4.69) is 10.6 Å². The van der Waals surface area contributed by atoms with E-state index in [0.29, 0.717) is 6.54 Å². The van der Waals surface area contributed by atoms with Gasteiger partial charge in [-0.1, -0.05) is 6.92 Å². The van der Waals surface area contributed by atoms with Crippen molar-refractivity contribution < 1.29 is 14.3 Å². The number of fused-ring (bicyclic) bond motifs is 1. The van der Waals surface area contributed by atoms with Crippen molar-refractivity contribution in [2.45, 2.75) is 45.3 Å². The zero-order chi connectivity index (χ0) is 15.5. The lowest BCUT2D eigenvalue weighted by Crippen LogP contribution is -2.44. The first-order valence-corrected chi connectivity index (χ1v) is 7.36. The zero-order valence-corrected chi connectivity index (χ0v) is 13.2. The molecule has 0 radical (unpaired) electrons. The van der Waals surface area contributed by atoms with E-state index >= 15 is 0 Å². The quantitative estimate of drug-likeness (QED) is 0.897. The van der Waals surface area contributed by atoms with Crippen molar-refractivity contribution in [3.8, 4) is 11.5 Å². The highest BCUT2D eigenvalue weighted by Gasteiger charge is 2.34. The van der Waals surface area contributed by atoms with Crippen LogP contribution in [0, 0.1) is 0 Å². The second-order valence-electron chi connectivity index (χ2n) is 5.92. The van der Waals surface area contributed by atoms with E-state index in [1.807, 2.05) is 39.0 Å². The van der Waals surface area contributed by atoms with Crippen LogP contribution in [0.1, 0.15) is 45.2 Å². The van der Waals surface area contributed by atoms with Crippen LogP contribution in [0.25, 0.3) is 0 Å². The largest absolute Gasteiger partial charge is 0.497 e. The molecule has 5 heteroatoms. The molecular weight excluding hydrogens is 268 g/mol. The summed E-state index contributed by atoms with van der Waals surface area (Å²) in [5.41, 5.74) is 0.656. The molecule has 0 aromatic heterocycles. The molecule has 0 saturated carbocycles. The predicted octanol–water partition coefficient (Wildman–Crippen LogP) is 3.01. The predicted molar refractivity (Wildman–Crippen MR) is 81.9 cm³/mol. The fraction of sp³-hybridized carbons (Fsp3) is 0.562. The highest BCUT2D eigenvalue weighted by atomic mass is 16.5. The summed E-state index contributed by atoms with van der Waals surface area (Å²) >= 11 is 0. The standard InChI is InChI=1S/C16H24N2O3/c1-5-8-17-15(19)18-13-10-16(2,3)21-14-9-11(20-4)6-7-12(13)14/h6-7,9,13H,5,8,10H2,1-4H3,(H2,17,18,19)/t13-/m0/s1. The van der Waals surface area contributed by atoms with Crippen molar-refractivity contribution in [2.75, 3.05) is 13.7 Å². The Morgan fingerprint density at radius 3 is 2.90 bits per heavy atom. The third-order valence-electron chi connectivity index (χ3n) is 3.52. The minimum Gasteiger partial charge on any atom is -0.497 e. The van der Waals surface area contributed by atoms with Crippen LogP contribution in [0.3, 0.4) is 0 Å². The Kier molecular flexibility index (Phi) is 4.60. The molecular formula is C16H24N2O3. The third kappa shape index (κ3) is 3.80. The molecule has 0 saturated heterocycles. The molecule has 5 nitrogen and oxygen atoms in total. The molecule has 0 fully saturated rings. The molecule has 2 N–H and O–H groups in total. The lowest BCUT2D eigenvalue weighted by molar-refractivity contribution is 0.0676. The van der Waals surface area contributed by atoms with Gasteiger partial charge in [0.05, 0.1) is 13.2 Å². The molecule has 116 valence electrons. The summed E-state index contributed by atoms with van der Waals surface area (Å²) in [6.45, 7) is 6.75. The third-order valence-corrected chi connectivity index (χ3v) is 3.52. The lowest BCUT2D eigenvalue weighted by atomic mass is 9.89. The van der Waals surface area contributed by atoms with Crippen LogP contribution in [0.2, 0.25) is 0 Å².